The van der Waals surface area contributed by atoms with Crippen LogP contribution in [-0.2, 0) is 16.6 Å². The van der Waals surface area contributed by atoms with E-state index in [-0.39, 0.29) is 30.1 Å². The Morgan fingerprint density at radius 2 is 2.12 bits per heavy atom. The topological polar surface area (TPSA) is 83.0 Å². The zero-order valence-electron chi connectivity index (χ0n) is 20.0. The molecular weight excluding hydrogens is 450 g/mol. The molecule has 1 aliphatic heterocycles. The van der Waals surface area contributed by atoms with Crippen molar-refractivity contribution in [1.82, 2.24) is 14.2 Å². The summed E-state index contributed by atoms with van der Waals surface area (Å²) in [6.45, 7) is 5.04. The van der Waals surface area contributed by atoms with Gasteiger partial charge in [-0.2, -0.15) is 4.31 Å². The zero-order chi connectivity index (χ0) is 24.3. The molecule has 1 aromatic heterocycles. The van der Waals surface area contributed by atoms with Gasteiger partial charge in [0.2, 0.25) is 10.0 Å². The number of aromatic nitrogens is 1. The molecule has 0 spiro atoms. The van der Waals surface area contributed by atoms with Gasteiger partial charge in [0.1, 0.15) is 16.7 Å². The fraction of sp³-hybridized carbons (Fsp3) is 0.500. The summed E-state index contributed by atoms with van der Waals surface area (Å²) in [4.78, 5) is 6.47. The molecule has 34 heavy (non-hydrogen) atoms. The highest BCUT2D eigenvalue weighted by Gasteiger charge is 2.38. The van der Waals surface area contributed by atoms with Gasteiger partial charge >= 0.3 is 0 Å². The van der Waals surface area contributed by atoms with Crippen molar-refractivity contribution in [2.24, 2.45) is 11.8 Å². The highest BCUT2D eigenvalue weighted by molar-refractivity contribution is 7.89. The highest BCUT2D eigenvalue weighted by Crippen LogP contribution is 2.34. The SMILES string of the molecule is C[C@@H]1CN([C@@H](C)CO)S(=O)(=O)c2ccc(C#CC3CC3)cc2O[C@H]1CN(C)Cc1cccnc1. The van der Waals surface area contributed by atoms with Crippen LogP contribution in [0.3, 0.4) is 0 Å². The largest absolute Gasteiger partial charge is 0.487 e. The summed E-state index contributed by atoms with van der Waals surface area (Å²) in [5.41, 5.74) is 1.85. The monoisotopic (exact) mass is 483 g/mol. The van der Waals surface area contributed by atoms with Crippen molar-refractivity contribution in [2.75, 3.05) is 26.7 Å². The van der Waals surface area contributed by atoms with Crippen LogP contribution in [0.4, 0.5) is 0 Å². The molecule has 2 heterocycles. The first-order valence-electron chi connectivity index (χ1n) is 11.8. The van der Waals surface area contributed by atoms with E-state index in [1.165, 1.54) is 4.31 Å². The molecule has 2 aromatic rings. The van der Waals surface area contributed by atoms with Crippen molar-refractivity contribution in [3.8, 4) is 17.6 Å². The summed E-state index contributed by atoms with van der Waals surface area (Å²) in [6.07, 6.45) is 5.59. The Balaban J connectivity index is 1.66. The Kier molecular flexibility index (Phi) is 7.58. The normalized spacial score (nSPS) is 23.1. The first-order chi connectivity index (χ1) is 16.3. The molecule has 1 fully saturated rings. The third-order valence-corrected chi connectivity index (χ3v) is 8.35. The van der Waals surface area contributed by atoms with Gasteiger partial charge < -0.3 is 9.84 Å². The van der Waals surface area contributed by atoms with E-state index in [1.54, 1.807) is 31.3 Å². The Morgan fingerprint density at radius 1 is 1.32 bits per heavy atom. The van der Waals surface area contributed by atoms with Crippen molar-refractivity contribution in [3.05, 3.63) is 53.9 Å². The van der Waals surface area contributed by atoms with Crippen LogP contribution in [0.5, 0.6) is 5.75 Å². The molecule has 0 radical (unpaired) electrons. The molecule has 2 aliphatic rings. The Labute approximate surface area is 202 Å². The van der Waals surface area contributed by atoms with E-state index in [2.05, 4.69) is 21.7 Å². The van der Waals surface area contributed by atoms with Crippen LogP contribution in [-0.4, -0.2) is 66.6 Å². The van der Waals surface area contributed by atoms with Gasteiger partial charge in [0.05, 0.1) is 6.61 Å². The number of benzene rings is 1. The number of sulfonamides is 1. The molecule has 0 unspecified atom stereocenters. The summed E-state index contributed by atoms with van der Waals surface area (Å²) in [5.74, 6) is 7.07. The van der Waals surface area contributed by atoms with E-state index in [9.17, 15) is 13.5 Å². The smallest absolute Gasteiger partial charge is 0.247 e. The minimum absolute atomic E-state index is 0.102. The first kappa shape index (κ1) is 24.7. The molecule has 1 saturated carbocycles. The molecule has 182 valence electrons. The standard InChI is InChI=1S/C26H33N3O4S/c1-19-15-29(20(2)18-30)34(31,32)26-11-10-22(9-8-21-6-7-21)13-24(26)33-25(19)17-28(3)16-23-5-4-12-27-14-23/h4-5,10-14,19-21,25,30H,6-7,15-18H2,1-3H3/t19-,20+,25+/m1/s1. The van der Waals surface area contributed by atoms with Gasteiger partial charge in [-0.3, -0.25) is 9.88 Å². The van der Waals surface area contributed by atoms with E-state index in [4.69, 9.17) is 4.74 Å². The number of ether oxygens (including phenoxy) is 1. The van der Waals surface area contributed by atoms with Crippen LogP contribution >= 0.6 is 0 Å². The molecule has 1 aromatic carbocycles. The van der Waals surface area contributed by atoms with Crippen molar-refractivity contribution in [1.29, 1.82) is 0 Å². The maximum Gasteiger partial charge on any atom is 0.247 e. The number of pyridine rings is 1. The molecule has 1 aliphatic carbocycles. The van der Waals surface area contributed by atoms with E-state index >= 15 is 0 Å². The Hall–Kier alpha value is -2.44. The lowest BCUT2D eigenvalue weighted by Gasteiger charge is -2.37. The number of aliphatic hydroxyl groups excluding tert-OH is 1. The van der Waals surface area contributed by atoms with E-state index in [0.717, 1.165) is 24.0 Å². The van der Waals surface area contributed by atoms with E-state index in [1.807, 2.05) is 32.3 Å². The summed E-state index contributed by atoms with van der Waals surface area (Å²) in [5, 5.41) is 9.79. The number of fused-ring (bicyclic) bond motifs is 1. The van der Waals surface area contributed by atoms with Crippen LogP contribution in [0.15, 0.2) is 47.6 Å². The summed E-state index contributed by atoms with van der Waals surface area (Å²) < 4.78 is 35.0. The van der Waals surface area contributed by atoms with Crippen molar-refractivity contribution >= 4 is 10.0 Å². The van der Waals surface area contributed by atoms with Gasteiger partial charge in [-0.05, 0) is 56.6 Å². The maximum atomic E-state index is 13.6. The molecule has 3 atom stereocenters. The van der Waals surface area contributed by atoms with Crippen LogP contribution < -0.4 is 4.74 Å². The van der Waals surface area contributed by atoms with Crippen molar-refractivity contribution in [2.45, 2.75) is 50.3 Å². The van der Waals surface area contributed by atoms with Gasteiger partial charge in [-0.1, -0.05) is 24.8 Å². The van der Waals surface area contributed by atoms with E-state index in [0.29, 0.717) is 24.8 Å². The Morgan fingerprint density at radius 3 is 2.79 bits per heavy atom. The summed E-state index contributed by atoms with van der Waals surface area (Å²) in [6, 6.07) is 8.48. The predicted octanol–water partition coefficient (Wildman–Crippen LogP) is 2.74. The minimum atomic E-state index is -3.84. The molecule has 0 bridgehead atoms. The molecule has 7 nitrogen and oxygen atoms in total. The van der Waals surface area contributed by atoms with Crippen molar-refractivity contribution < 1.29 is 18.3 Å². The van der Waals surface area contributed by atoms with Gasteiger partial charge in [-0.15, -0.1) is 0 Å². The zero-order valence-corrected chi connectivity index (χ0v) is 20.8. The Bertz CT molecular complexity index is 1160. The van der Waals surface area contributed by atoms with Gasteiger partial charge in [0.15, 0.2) is 0 Å². The summed E-state index contributed by atoms with van der Waals surface area (Å²) >= 11 is 0. The molecular formula is C26H33N3O4S. The second-order valence-electron chi connectivity index (χ2n) is 9.50. The van der Waals surface area contributed by atoms with Crippen LogP contribution in [0.2, 0.25) is 0 Å². The first-order valence-corrected chi connectivity index (χ1v) is 13.2. The van der Waals surface area contributed by atoms with Crippen LogP contribution in [0.1, 0.15) is 37.8 Å². The lowest BCUT2D eigenvalue weighted by atomic mass is 10.0. The fourth-order valence-corrected chi connectivity index (χ4v) is 5.94. The average Bonchev–Trinajstić information content (AvgIpc) is 3.64. The van der Waals surface area contributed by atoms with Gasteiger partial charge in [0.25, 0.3) is 0 Å². The maximum absolute atomic E-state index is 13.6. The number of rotatable bonds is 6. The van der Waals surface area contributed by atoms with Gasteiger partial charge in [0, 0.05) is 55.5 Å². The molecule has 0 amide bonds. The molecule has 1 N–H and O–H groups in total. The number of nitrogens with zero attached hydrogens (tertiary/aromatic N) is 3. The second kappa shape index (κ2) is 10.4. The van der Waals surface area contributed by atoms with Gasteiger partial charge in [-0.25, -0.2) is 8.42 Å². The predicted molar refractivity (Wildman–Crippen MR) is 131 cm³/mol. The number of hydrogen-bond donors (Lipinski definition) is 1. The lowest BCUT2D eigenvalue weighted by molar-refractivity contribution is 0.0733. The minimum Gasteiger partial charge on any atom is -0.487 e. The fourth-order valence-electron chi connectivity index (χ4n) is 4.11. The molecule has 4 rings (SSSR count). The third kappa shape index (κ3) is 5.78. The third-order valence-electron chi connectivity index (χ3n) is 6.33. The molecule has 8 heteroatoms. The van der Waals surface area contributed by atoms with Crippen LogP contribution in [0.25, 0.3) is 0 Å². The van der Waals surface area contributed by atoms with Crippen molar-refractivity contribution in [3.63, 3.8) is 0 Å². The second-order valence-corrected chi connectivity index (χ2v) is 11.4. The lowest BCUT2D eigenvalue weighted by Crippen LogP contribution is -2.49. The number of likely N-dealkylation sites (N-methyl/N-ethyl adjacent to an activating group) is 1. The van der Waals surface area contributed by atoms with E-state index < -0.39 is 16.1 Å². The number of aliphatic hydroxyl groups is 1. The highest BCUT2D eigenvalue weighted by atomic mass is 32.2. The number of hydrogen-bond acceptors (Lipinski definition) is 6. The van der Waals surface area contributed by atoms with Crippen LogP contribution in [0, 0.1) is 23.7 Å². The quantitative estimate of drug-likeness (QED) is 0.637. The molecule has 0 saturated heterocycles. The average molecular weight is 484 g/mol. The summed E-state index contributed by atoms with van der Waals surface area (Å²) in [7, 11) is -1.83.